The zero-order chi connectivity index (χ0) is 18.5. The molecule has 1 amide bonds. The first-order valence-corrected chi connectivity index (χ1v) is 8.96. The highest BCUT2D eigenvalue weighted by Crippen LogP contribution is 2.14. The molecule has 0 aliphatic rings. The standard InChI is InChI=1S/C22H25N3O/c1-16-4-6-20(7-5-16)15-23-22(26)13-10-19-8-11-21(12-9-19)25-18(3)14-17(2)24-25/h4-9,11-12,14H,10,13,15H2,1-3H3,(H,23,26). The number of hydrogen-bond acceptors (Lipinski definition) is 2. The zero-order valence-corrected chi connectivity index (χ0v) is 15.6. The lowest BCUT2D eigenvalue weighted by molar-refractivity contribution is -0.121. The second-order valence-corrected chi connectivity index (χ2v) is 6.77. The summed E-state index contributed by atoms with van der Waals surface area (Å²) < 4.78 is 1.94. The minimum atomic E-state index is 0.0770. The highest BCUT2D eigenvalue weighted by molar-refractivity contribution is 5.76. The molecule has 0 saturated heterocycles. The van der Waals surface area contributed by atoms with Gasteiger partial charge in [-0.1, -0.05) is 42.0 Å². The molecule has 3 rings (SSSR count). The molecule has 0 radical (unpaired) electrons. The molecule has 4 nitrogen and oxygen atoms in total. The molecule has 4 heteroatoms. The Kier molecular flexibility index (Phi) is 5.52. The Labute approximate surface area is 154 Å². The number of hydrogen-bond donors (Lipinski definition) is 1. The molecule has 1 heterocycles. The van der Waals surface area contributed by atoms with Crippen molar-refractivity contribution in [1.82, 2.24) is 15.1 Å². The molecule has 0 atom stereocenters. The summed E-state index contributed by atoms with van der Waals surface area (Å²) in [6.07, 6.45) is 1.22. The van der Waals surface area contributed by atoms with Gasteiger partial charge in [0.1, 0.15) is 0 Å². The molecule has 26 heavy (non-hydrogen) atoms. The van der Waals surface area contributed by atoms with Gasteiger partial charge in [-0.2, -0.15) is 5.10 Å². The Balaban J connectivity index is 1.50. The van der Waals surface area contributed by atoms with Gasteiger partial charge in [0.2, 0.25) is 5.91 Å². The van der Waals surface area contributed by atoms with Crippen LogP contribution in [0.5, 0.6) is 0 Å². The van der Waals surface area contributed by atoms with Crippen LogP contribution in [0.25, 0.3) is 5.69 Å². The average Bonchev–Trinajstić information content (AvgIpc) is 2.98. The van der Waals surface area contributed by atoms with Gasteiger partial charge < -0.3 is 5.32 Å². The van der Waals surface area contributed by atoms with Gasteiger partial charge in [-0.3, -0.25) is 4.79 Å². The van der Waals surface area contributed by atoms with Crippen LogP contribution in [0.15, 0.2) is 54.6 Å². The van der Waals surface area contributed by atoms with Crippen LogP contribution in [0.4, 0.5) is 0 Å². The summed E-state index contributed by atoms with van der Waals surface area (Å²) in [5, 5.41) is 7.48. The maximum atomic E-state index is 12.1. The fraction of sp³-hybridized carbons (Fsp3) is 0.273. The van der Waals surface area contributed by atoms with Crippen molar-refractivity contribution in [2.45, 2.75) is 40.2 Å². The summed E-state index contributed by atoms with van der Waals surface area (Å²) >= 11 is 0. The fourth-order valence-corrected chi connectivity index (χ4v) is 2.95. The Morgan fingerprint density at radius 3 is 2.23 bits per heavy atom. The van der Waals surface area contributed by atoms with E-state index in [2.05, 4.69) is 59.8 Å². The van der Waals surface area contributed by atoms with Crippen molar-refractivity contribution in [3.63, 3.8) is 0 Å². The molecule has 1 N–H and O–H groups in total. The molecule has 0 aliphatic heterocycles. The first-order chi connectivity index (χ1) is 12.5. The highest BCUT2D eigenvalue weighted by Gasteiger charge is 2.05. The Hall–Kier alpha value is -2.88. The van der Waals surface area contributed by atoms with Crippen molar-refractivity contribution in [3.8, 4) is 5.69 Å². The number of amides is 1. The third-order valence-corrected chi connectivity index (χ3v) is 4.44. The van der Waals surface area contributed by atoms with E-state index >= 15 is 0 Å². The van der Waals surface area contributed by atoms with Gasteiger partial charge in [0, 0.05) is 18.7 Å². The number of aryl methyl sites for hydroxylation is 4. The predicted molar refractivity (Wildman–Crippen MR) is 104 cm³/mol. The normalized spacial score (nSPS) is 10.7. The minimum Gasteiger partial charge on any atom is -0.352 e. The van der Waals surface area contributed by atoms with Crippen LogP contribution in [-0.4, -0.2) is 15.7 Å². The van der Waals surface area contributed by atoms with E-state index in [9.17, 15) is 4.79 Å². The molecule has 0 fully saturated rings. The van der Waals surface area contributed by atoms with Crippen molar-refractivity contribution in [3.05, 3.63) is 82.7 Å². The second-order valence-electron chi connectivity index (χ2n) is 6.77. The van der Waals surface area contributed by atoms with E-state index in [1.807, 2.05) is 30.7 Å². The molecule has 0 aliphatic carbocycles. The van der Waals surface area contributed by atoms with Gasteiger partial charge >= 0.3 is 0 Å². The lowest BCUT2D eigenvalue weighted by Gasteiger charge is -2.08. The average molecular weight is 347 g/mol. The lowest BCUT2D eigenvalue weighted by atomic mass is 10.1. The monoisotopic (exact) mass is 347 g/mol. The summed E-state index contributed by atoms with van der Waals surface area (Å²) in [5.74, 6) is 0.0770. The first kappa shape index (κ1) is 17.9. The van der Waals surface area contributed by atoms with E-state index < -0.39 is 0 Å². The Bertz CT molecular complexity index is 877. The quantitative estimate of drug-likeness (QED) is 0.731. The van der Waals surface area contributed by atoms with Crippen LogP contribution in [0.1, 0.15) is 34.5 Å². The Morgan fingerprint density at radius 1 is 0.962 bits per heavy atom. The molecule has 2 aromatic carbocycles. The third-order valence-electron chi connectivity index (χ3n) is 4.44. The molecule has 0 saturated carbocycles. The molecular formula is C22H25N3O. The van der Waals surface area contributed by atoms with E-state index in [-0.39, 0.29) is 5.91 Å². The molecule has 0 spiro atoms. The van der Waals surface area contributed by atoms with Gasteiger partial charge in [-0.05, 0) is 56.5 Å². The van der Waals surface area contributed by atoms with Gasteiger partial charge in [-0.15, -0.1) is 0 Å². The number of benzene rings is 2. The molecule has 1 aromatic heterocycles. The highest BCUT2D eigenvalue weighted by atomic mass is 16.1. The molecule has 0 bridgehead atoms. The van der Waals surface area contributed by atoms with Crippen LogP contribution in [0, 0.1) is 20.8 Å². The van der Waals surface area contributed by atoms with E-state index in [1.54, 1.807) is 0 Å². The van der Waals surface area contributed by atoms with Crippen LogP contribution < -0.4 is 5.32 Å². The maximum Gasteiger partial charge on any atom is 0.220 e. The number of nitrogens with one attached hydrogen (secondary N) is 1. The van der Waals surface area contributed by atoms with Crippen molar-refractivity contribution < 1.29 is 4.79 Å². The number of rotatable bonds is 6. The van der Waals surface area contributed by atoms with Gasteiger partial charge in [0.25, 0.3) is 0 Å². The smallest absolute Gasteiger partial charge is 0.220 e. The molecule has 3 aromatic rings. The predicted octanol–water partition coefficient (Wildman–Crippen LogP) is 4.05. The summed E-state index contributed by atoms with van der Waals surface area (Å²) in [5.41, 5.74) is 6.67. The third kappa shape index (κ3) is 4.60. The molecule has 134 valence electrons. The summed E-state index contributed by atoms with van der Waals surface area (Å²) in [7, 11) is 0. The van der Waals surface area contributed by atoms with Gasteiger partial charge in [0.15, 0.2) is 0 Å². The minimum absolute atomic E-state index is 0.0770. The van der Waals surface area contributed by atoms with E-state index in [1.165, 1.54) is 5.56 Å². The summed E-state index contributed by atoms with van der Waals surface area (Å²) in [6.45, 7) is 6.68. The topological polar surface area (TPSA) is 46.9 Å². The lowest BCUT2D eigenvalue weighted by Crippen LogP contribution is -2.22. The van der Waals surface area contributed by atoms with Crippen LogP contribution in [0.2, 0.25) is 0 Å². The number of aromatic nitrogens is 2. The van der Waals surface area contributed by atoms with Crippen LogP contribution >= 0.6 is 0 Å². The van der Waals surface area contributed by atoms with Gasteiger partial charge in [-0.25, -0.2) is 4.68 Å². The van der Waals surface area contributed by atoms with Crippen molar-refractivity contribution >= 4 is 5.91 Å². The maximum absolute atomic E-state index is 12.1. The Morgan fingerprint density at radius 2 is 1.62 bits per heavy atom. The van der Waals surface area contributed by atoms with E-state index in [4.69, 9.17) is 0 Å². The van der Waals surface area contributed by atoms with Gasteiger partial charge in [0.05, 0.1) is 11.4 Å². The van der Waals surface area contributed by atoms with Crippen LogP contribution in [-0.2, 0) is 17.8 Å². The SMILES string of the molecule is Cc1ccc(CNC(=O)CCc2ccc(-n3nc(C)cc3C)cc2)cc1. The first-order valence-electron chi connectivity index (χ1n) is 8.96. The number of carbonyl (C=O) groups is 1. The fourth-order valence-electron chi connectivity index (χ4n) is 2.95. The number of carbonyl (C=O) groups excluding carboxylic acids is 1. The summed E-state index contributed by atoms with van der Waals surface area (Å²) in [4.78, 5) is 12.1. The van der Waals surface area contributed by atoms with Crippen molar-refractivity contribution in [1.29, 1.82) is 0 Å². The van der Waals surface area contributed by atoms with E-state index in [0.717, 1.165) is 34.6 Å². The van der Waals surface area contributed by atoms with Crippen molar-refractivity contribution in [2.24, 2.45) is 0 Å². The zero-order valence-electron chi connectivity index (χ0n) is 15.6. The number of nitrogens with zero attached hydrogens (tertiary/aromatic N) is 2. The van der Waals surface area contributed by atoms with E-state index in [0.29, 0.717) is 13.0 Å². The molecule has 0 unspecified atom stereocenters. The summed E-state index contributed by atoms with van der Waals surface area (Å²) in [6, 6.07) is 18.5. The molecular weight excluding hydrogens is 322 g/mol. The van der Waals surface area contributed by atoms with Crippen LogP contribution in [0.3, 0.4) is 0 Å². The largest absolute Gasteiger partial charge is 0.352 e. The second kappa shape index (κ2) is 8.00. The van der Waals surface area contributed by atoms with Crippen molar-refractivity contribution in [2.75, 3.05) is 0 Å².